The summed E-state index contributed by atoms with van der Waals surface area (Å²) in [5, 5.41) is 20.7. The smallest absolute Gasteiger partial charge is 0.241 e. The number of rotatable bonds is 10. The van der Waals surface area contributed by atoms with E-state index in [4.69, 9.17) is 15.6 Å². The molecule has 0 fully saturated rings. The second kappa shape index (κ2) is 15.2. The molecule has 37 heavy (non-hydrogen) atoms. The average molecular weight is 529 g/mol. The molecule has 0 aliphatic carbocycles. The van der Waals surface area contributed by atoms with Crippen molar-refractivity contribution in [2.75, 3.05) is 27.2 Å². The molecular formula is C27H40N6O3S. The minimum atomic E-state index is -0.191. The molecule has 0 atom stereocenters. The standard InChI is InChI=1S/C27H34N6OS.2H2O.H2/c1-18(2)35-23-12-10-21(11-13-23)24-17-31-19(3)25(32-24)27(29)34-26(28)22-8-6-20(7-9-22)16-30-14-15-33(4)5;;;/h6-13,17-18,28-30H,14-16H2,1-5H3;2*1H2;1H. The molecule has 7 N–H and O–H groups in total. The van der Waals surface area contributed by atoms with Gasteiger partial charge in [0, 0.05) is 42.3 Å². The number of ether oxygens (including phenoxy) is 1. The van der Waals surface area contributed by atoms with Gasteiger partial charge in [-0.3, -0.25) is 15.8 Å². The lowest BCUT2D eigenvalue weighted by Crippen LogP contribution is -2.26. The molecule has 0 aliphatic rings. The van der Waals surface area contributed by atoms with Gasteiger partial charge < -0.3 is 25.9 Å². The van der Waals surface area contributed by atoms with E-state index in [1.165, 1.54) is 4.90 Å². The van der Waals surface area contributed by atoms with Gasteiger partial charge in [-0.2, -0.15) is 0 Å². The van der Waals surface area contributed by atoms with Gasteiger partial charge in [0.1, 0.15) is 5.69 Å². The van der Waals surface area contributed by atoms with Crippen LogP contribution >= 0.6 is 11.8 Å². The Kier molecular flexibility index (Phi) is 13.1. The molecule has 0 aliphatic heterocycles. The van der Waals surface area contributed by atoms with Crippen molar-refractivity contribution in [3.63, 3.8) is 0 Å². The van der Waals surface area contributed by atoms with Gasteiger partial charge in [0.25, 0.3) is 0 Å². The Bertz CT molecular complexity index is 1160. The van der Waals surface area contributed by atoms with Crippen LogP contribution in [0, 0.1) is 17.7 Å². The quantitative estimate of drug-likeness (QED) is 0.158. The Hall–Kier alpha value is -3.15. The van der Waals surface area contributed by atoms with Gasteiger partial charge in [-0.15, -0.1) is 11.8 Å². The van der Waals surface area contributed by atoms with Crippen LogP contribution in [-0.4, -0.2) is 70.1 Å². The summed E-state index contributed by atoms with van der Waals surface area (Å²) in [7, 11) is 4.10. The van der Waals surface area contributed by atoms with Crippen molar-refractivity contribution in [3.05, 3.63) is 77.2 Å². The van der Waals surface area contributed by atoms with Crippen molar-refractivity contribution < 1.29 is 17.1 Å². The largest absolute Gasteiger partial charge is 0.419 e. The second-order valence-electron chi connectivity index (χ2n) is 8.82. The molecule has 10 heteroatoms. The summed E-state index contributed by atoms with van der Waals surface area (Å²) in [5.74, 6) is -0.285. The van der Waals surface area contributed by atoms with Crippen molar-refractivity contribution in [1.82, 2.24) is 20.2 Å². The van der Waals surface area contributed by atoms with E-state index in [1.807, 2.05) is 50.5 Å². The first-order chi connectivity index (χ1) is 16.7. The minimum Gasteiger partial charge on any atom is -0.419 e. The van der Waals surface area contributed by atoms with E-state index in [-0.39, 0.29) is 24.2 Å². The van der Waals surface area contributed by atoms with Crippen LogP contribution in [0.1, 0.15) is 37.8 Å². The number of hydrogen-bond donors (Lipinski definition) is 3. The monoisotopic (exact) mass is 528 g/mol. The van der Waals surface area contributed by atoms with Gasteiger partial charge in [0.15, 0.2) is 0 Å². The third-order valence-corrected chi connectivity index (χ3v) is 6.19. The predicted molar refractivity (Wildman–Crippen MR) is 154 cm³/mol. The molecule has 0 amide bonds. The first-order valence-corrected chi connectivity index (χ1v) is 12.5. The first kappa shape index (κ1) is 31.9. The maximum absolute atomic E-state index is 8.43. The van der Waals surface area contributed by atoms with Crippen LogP contribution in [0.25, 0.3) is 11.3 Å². The van der Waals surface area contributed by atoms with E-state index in [0.717, 1.165) is 30.8 Å². The van der Waals surface area contributed by atoms with Crippen molar-refractivity contribution >= 4 is 23.6 Å². The van der Waals surface area contributed by atoms with E-state index < -0.39 is 0 Å². The van der Waals surface area contributed by atoms with Gasteiger partial charge >= 0.3 is 0 Å². The Morgan fingerprint density at radius 2 is 1.68 bits per heavy atom. The number of aryl methyl sites for hydroxylation is 1. The van der Waals surface area contributed by atoms with Crippen molar-refractivity contribution in [2.45, 2.75) is 37.5 Å². The molecule has 3 aromatic rings. The fraction of sp³-hybridized carbons (Fsp3) is 0.333. The Morgan fingerprint density at radius 3 is 2.27 bits per heavy atom. The van der Waals surface area contributed by atoms with Crippen LogP contribution < -0.4 is 5.32 Å². The highest BCUT2D eigenvalue weighted by molar-refractivity contribution is 7.99. The molecule has 0 bridgehead atoms. The van der Waals surface area contributed by atoms with E-state index in [0.29, 0.717) is 27.9 Å². The lowest BCUT2D eigenvalue weighted by molar-refractivity contribution is 0.400. The summed E-state index contributed by atoms with van der Waals surface area (Å²) < 4.78 is 5.56. The lowest BCUT2D eigenvalue weighted by atomic mass is 10.1. The zero-order valence-corrected chi connectivity index (χ0v) is 22.9. The van der Waals surface area contributed by atoms with Gasteiger partial charge in [-0.1, -0.05) is 38.1 Å². The van der Waals surface area contributed by atoms with Crippen LogP contribution in [0.2, 0.25) is 0 Å². The summed E-state index contributed by atoms with van der Waals surface area (Å²) >= 11 is 1.81. The van der Waals surface area contributed by atoms with E-state index >= 15 is 0 Å². The van der Waals surface area contributed by atoms with Crippen molar-refractivity contribution in [1.29, 1.82) is 10.8 Å². The van der Waals surface area contributed by atoms with E-state index in [9.17, 15) is 0 Å². The van der Waals surface area contributed by atoms with Crippen LogP contribution in [-0.2, 0) is 11.3 Å². The van der Waals surface area contributed by atoms with Crippen LogP contribution in [0.15, 0.2) is 59.6 Å². The summed E-state index contributed by atoms with van der Waals surface area (Å²) in [4.78, 5) is 12.4. The summed E-state index contributed by atoms with van der Waals surface area (Å²) in [6.07, 6.45) is 1.70. The van der Waals surface area contributed by atoms with Gasteiger partial charge in [0.2, 0.25) is 11.8 Å². The second-order valence-corrected chi connectivity index (χ2v) is 10.5. The number of benzene rings is 2. The van der Waals surface area contributed by atoms with E-state index in [2.05, 4.69) is 46.2 Å². The molecule has 0 spiro atoms. The third kappa shape index (κ3) is 9.67. The lowest BCUT2D eigenvalue weighted by Gasteiger charge is -2.12. The molecular weight excluding hydrogens is 488 g/mol. The molecule has 1 aromatic heterocycles. The number of nitrogens with zero attached hydrogens (tertiary/aromatic N) is 3. The average Bonchev–Trinajstić information content (AvgIpc) is 2.82. The molecule has 1 heterocycles. The molecule has 0 saturated heterocycles. The fourth-order valence-electron chi connectivity index (χ4n) is 3.30. The molecule has 2 aromatic carbocycles. The molecule has 202 valence electrons. The Labute approximate surface area is 224 Å². The zero-order valence-electron chi connectivity index (χ0n) is 22.1. The third-order valence-electron chi connectivity index (χ3n) is 5.18. The van der Waals surface area contributed by atoms with Crippen LogP contribution in [0.4, 0.5) is 0 Å². The summed E-state index contributed by atoms with van der Waals surface area (Å²) in [5.41, 5.74) is 4.23. The molecule has 0 radical (unpaired) electrons. The zero-order chi connectivity index (χ0) is 25.4. The highest BCUT2D eigenvalue weighted by Crippen LogP contribution is 2.26. The van der Waals surface area contributed by atoms with Crippen LogP contribution in [0.3, 0.4) is 0 Å². The number of likely N-dealkylation sites (N-methyl/N-ethyl adjacent to an activating group) is 1. The molecule has 3 rings (SSSR count). The van der Waals surface area contributed by atoms with Gasteiger partial charge in [0.05, 0.1) is 17.6 Å². The Balaban J connectivity index is 0.00000456. The summed E-state index contributed by atoms with van der Waals surface area (Å²) in [6.45, 7) is 8.76. The number of hydrogen-bond acceptors (Lipinski definition) is 8. The SMILES string of the molecule is Cc1ncc(-c2ccc(SC(C)C)cc2)nc1C(=N)OC(=N)c1ccc(CNCCN(C)C)cc1.O.O.[HH]. The minimum absolute atomic E-state index is 0. The molecule has 0 saturated carbocycles. The van der Waals surface area contributed by atoms with E-state index in [1.54, 1.807) is 24.9 Å². The normalized spacial score (nSPS) is 10.6. The van der Waals surface area contributed by atoms with Crippen molar-refractivity contribution in [3.8, 4) is 11.3 Å². The predicted octanol–water partition coefficient (Wildman–Crippen LogP) is 3.57. The number of aromatic nitrogens is 2. The molecule has 0 unspecified atom stereocenters. The highest BCUT2D eigenvalue weighted by atomic mass is 32.2. The fourth-order valence-corrected chi connectivity index (χ4v) is 4.14. The highest BCUT2D eigenvalue weighted by Gasteiger charge is 2.15. The van der Waals surface area contributed by atoms with Gasteiger partial charge in [-0.05, 0) is 50.8 Å². The van der Waals surface area contributed by atoms with Crippen LogP contribution in [0.5, 0.6) is 0 Å². The van der Waals surface area contributed by atoms with Crippen molar-refractivity contribution in [2.24, 2.45) is 0 Å². The first-order valence-electron chi connectivity index (χ1n) is 11.6. The number of nitrogens with one attached hydrogen (secondary N) is 3. The summed E-state index contributed by atoms with van der Waals surface area (Å²) in [6, 6.07) is 15.8. The van der Waals surface area contributed by atoms with Gasteiger partial charge in [-0.25, -0.2) is 4.98 Å². The topological polar surface area (TPSA) is 161 Å². The maximum atomic E-state index is 8.43. The Morgan fingerprint density at radius 1 is 1.03 bits per heavy atom. The molecule has 9 nitrogen and oxygen atoms in total. The number of thioether (sulfide) groups is 1. The maximum Gasteiger partial charge on any atom is 0.241 e.